The van der Waals surface area contributed by atoms with E-state index in [1.165, 1.54) is 18.5 Å². The Balaban J connectivity index is 1.29. The van der Waals surface area contributed by atoms with E-state index in [-0.39, 0.29) is 30.1 Å². The Labute approximate surface area is 241 Å². The number of piperidine rings is 1. The molecule has 0 aliphatic carbocycles. The Kier molecular flexibility index (Phi) is 10.4. The van der Waals surface area contributed by atoms with E-state index in [2.05, 4.69) is 25.6 Å². The molecule has 3 heterocycles. The third-order valence-electron chi connectivity index (χ3n) is 6.15. The average Bonchev–Trinajstić information content (AvgIpc) is 2.96. The van der Waals surface area contributed by atoms with Gasteiger partial charge in [0, 0.05) is 55.3 Å². The molecule has 1 aliphatic heterocycles. The van der Waals surface area contributed by atoms with E-state index in [1.807, 2.05) is 0 Å². The van der Waals surface area contributed by atoms with Crippen molar-refractivity contribution >= 4 is 47.0 Å². The Morgan fingerprint density at radius 2 is 1.85 bits per heavy atom. The second kappa shape index (κ2) is 14.4. The molecule has 208 valence electrons. The largest absolute Gasteiger partial charge is 0.473 e. The Morgan fingerprint density at radius 3 is 2.55 bits per heavy atom. The molecule has 4 rings (SSSR count). The number of halogens is 2. The minimum absolute atomic E-state index is 0.120. The first-order valence-electron chi connectivity index (χ1n) is 12.7. The van der Waals surface area contributed by atoms with Crippen molar-refractivity contribution in [3.8, 4) is 5.88 Å². The summed E-state index contributed by atoms with van der Waals surface area (Å²) in [6, 6.07) is 11.4. The smallest absolute Gasteiger partial charge is 0.244 e. The summed E-state index contributed by atoms with van der Waals surface area (Å²) in [6.45, 7) is 0.743. The van der Waals surface area contributed by atoms with Gasteiger partial charge in [-0.2, -0.15) is 4.98 Å². The van der Waals surface area contributed by atoms with Crippen molar-refractivity contribution in [3.05, 3.63) is 88.6 Å². The summed E-state index contributed by atoms with van der Waals surface area (Å²) in [7, 11) is 0. The Hall–Kier alpha value is -4.02. The summed E-state index contributed by atoms with van der Waals surface area (Å²) in [5.41, 5.74) is 1.41. The van der Waals surface area contributed by atoms with Crippen molar-refractivity contribution in [2.75, 3.05) is 19.6 Å². The number of nitrogens with zero attached hydrogens (tertiary/aromatic N) is 4. The topological polar surface area (TPSA) is 126 Å². The van der Waals surface area contributed by atoms with Crippen molar-refractivity contribution in [3.63, 3.8) is 0 Å². The molecule has 12 heteroatoms. The molecule has 0 saturated carbocycles. The van der Waals surface area contributed by atoms with Gasteiger partial charge in [0.2, 0.25) is 23.6 Å². The molecule has 2 aromatic heterocycles. The molecule has 10 nitrogen and oxygen atoms in total. The minimum atomic E-state index is -0.928. The number of hydrogen-bond donors (Lipinski definition) is 2. The highest BCUT2D eigenvalue weighted by Crippen LogP contribution is 2.18. The number of hydrogen-bond acceptors (Lipinski definition) is 7. The van der Waals surface area contributed by atoms with Gasteiger partial charge in [0.05, 0.1) is 18.9 Å². The molecule has 3 amide bonds. The highest BCUT2D eigenvalue weighted by molar-refractivity contribution is 6.30. The first-order chi connectivity index (χ1) is 19.4. The molecule has 40 heavy (non-hydrogen) atoms. The van der Waals surface area contributed by atoms with Gasteiger partial charge in [-0.15, -0.1) is 0 Å². The summed E-state index contributed by atoms with van der Waals surface area (Å²) in [6.07, 6.45) is 8.74. The zero-order valence-electron chi connectivity index (χ0n) is 21.5. The maximum absolute atomic E-state index is 13.1. The van der Waals surface area contributed by atoms with Crippen molar-refractivity contribution in [1.82, 2.24) is 30.5 Å². The van der Waals surface area contributed by atoms with Gasteiger partial charge in [-0.3, -0.25) is 24.4 Å². The first kappa shape index (κ1) is 29.0. The van der Waals surface area contributed by atoms with Crippen LogP contribution in [0.5, 0.6) is 5.88 Å². The number of nitrogens with one attached hydrogen (secondary N) is 2. The highest BCUT2D eigenvalue weighted by Gasteiger charge is 2.26. The van der Waals surface area contributed by atoms with Gasteiger partial charge < -0.3 is 20.3 Å². The van der Waals surface area contributed by atoms with E-state index in [4.69, 9.17) is 27.9 Å². The van der Waals surface area contributed by atoms with Crippen molar-refractivity contribution in [2.24, 2.45) is 0 Å². The van der Waals surface area contributed by atoms with Crippen LogP contribution in [0, 0.1) is 0 Å². The van der Waals surface area contributed by atoms with Gasteiger partial charge in [0.15, 0.2) is 5.15 Å². The van der Waals surface area contributed by atoms with Crippen LogP contribution < -0.4 is 15.4 Å². The Morgan fingerprint density at radius 1 is 1.07 bits per heavy atom. The van der Waals surface area contributed by atoms with E-state index in [1.54, 1.807) is 59.6 Å². The molecule has 0 spiro atoms. The molecule has 0 unspecified atom stereocenters. The molecule has 3 aromatic rings. The molecule has 1 aromatic carbocycles. The number of carbonyl (C=O) groups excluding carboxylic acids is 3. The maximum atomic E-state index is 13.1. The normalized spacial score (nSPS) is 14.5. The number of aromatic nitrogens is 3. The van der Waals surface area contributed by atoms with Crippen molar-refractivity contribution < 1.29 is 19.1 Å². The number of carbonyl (C=O) groups is 3. The first-order valence-corrected chi connectivity index (χ1v) is 13.4. The van der Waals surface area contributed by atoms with Crippen molar-refractivity contribution in [1.29, 1.82) is 0 Å². The quantitative estimate of drug-likeness (QED) is 0.352. The fourth-order valence-electron chi connectivity index (χ4n) is 4.08. The highest BCUT2D eigenvalue weighted by atomic mass is 35.5. The number of likely N-dealkylation sites (tertiary alicyclic amines) is 1. The number of rotatable bonds is 10. The third-order valence-corrected chi connectivity index (χ3v) is 6.58. The molecule has 1 aliphatic rings. The van der Waals surface area contributed by atoms with Crippen LogP contribution in [0.4, 0.5) is 0 Å². The van der Waals surface area contributed by atoms with E-state index < -0.39 is 17.9 Å². The minimum Gasteiger partial charge on any atom is -0.473 e. The molecule has 1 atom stereocenters. The van der Waals surface area contributed by atoms with E-state index in [9.17, 15) is 14.4 Å². The summed E-state index contributed by atoms with van der Waals surface area (Å²) in [4.78, 5) is 52.5. The molecular formula is C28H28Cl2N6O4. The number of benzene rings is 1. The van der Waals surface area contributed by atoms with Gasteiger partial charge in [-0.05, 0) is 35.9 Å². The fraction of sp³-hybridized carbons (Fsp3) is 0.286. The second-order valence-corrected chi connectivity index (χ2v) is 9.89. The summed E-state index contributed by atoms with van der Waals surface area (Å²) in [5.74, 6) is -0.817. The average molecular weight is 583 g/mol. The predicted octanol–water partition coefficient (Wildman–Crippen LogP) is 3.11. The van der Waals surface area contributed by atoms with Crippen molar-refractivity contribution in [2.45, 2.75) is 31.4 Å². The number of ether oxygens (including phenoxy) is 1. The van der Waals surface area contributed by atoms with E-state index in [0.717, 1.165) is 5.56 Å². The van der Waals surface area contributed by atoms with Gasteiger partial charge >= 0.3 is 0 Å². The lowest BCUT2D eigenvalue weighted by atomic mass is 10.1. The van der Waals surface area contributed by atoms with Crippen LogP contribution in [-0.2, 0) is 20.8 Å². The SMILES string of the molecule is O=C(C=Cc1ccc(Cl)cc1)N[C@@H](Cc1ccccn1)C(=O)NCC(=O)N1CCC(Oc2cncc(Cl)n2)CC1. The van der Waals surface area contributed by atoms with Crippen LogP contribution in [0.1, 0.15) is 24.1 Å². The van der Waals surface area contributed by atoms with Gasteiger partial charge in [-0.1, -0.05) is 41.4 Å². The van der Waals surface area contributed by atoms with E-state index >= 15 is 0 Å². The van der Waals surface area contributed by atoms with Crippen LogP contribution in [0.3, 0.4) is 0 Å². The number of pyridine rings is 1. The van der Waals surface area contributed by atoms with Crippen LogP contribution in [-0.4, -0.2) is 69.4 Å². The zero-order chi connectivity index (χ0) is 28.3. The molecule has 0 radical (unpaired) electrons. The molecular weight excluding hydrogens is 555 g/mol. The fourth-order valence-corrected chi connectivity index (χ4v) is 4.34. The lowest BCUT2D eigenvalue weighted by molar-refractivity contribution is -0.135. The van der Waals surface area contributed by atoms with Gasteiger partial charge in [-0.25, -0.2) is 0 Å². The molecule has 1 fully saturated rings. The lowest BCUT2D eigenvalue weighted by Crippen LogP contribution is -2.51. The molecule has 2 N–H and O–H groups in total. The monoisotopic (exact) mass is 582 g/mol. The van der Waals surface area contributed by atoms with Crippen LogP contribution in [0.15, 0.2) is 67.1 Å². The molecule has 0 bridgehead atoms. The van der Waals surface area contributed by atoms with Crippen LogP contribution in [0.25, 0.3) is 6.08 Å². The van der Waals surface area contributed by atoms with Gasteiger partial charge in [0.25, 0.3) is 0 Å². The zero-order valence-corrected chi connectivity index (χ0v) is 23.0. The predicted molar refractivity (Wildman–Crippen MR) is 151 cm³/mol. The summed E-state index contributed by atoms with van der Waals surface area (Å²) in [5, 5.41) is 6.22. The third kappa shape index (κ3) is 9.03. The van der Waals surface area contributed by atoms with Crippen LogP contribution >= 0.6 is 23.2 Å². The summed E-state index contributed by atoms with van der Waals surface area (Å²) >= 11 is 11.8. The number of amides is 3. The second-order valence-electron chi connectivity index (χ2n) is 9.07. The molecule has 1 saturated heterocycles. The van der Waals surface area contributed by atoms with Gasteiger partial charge in [0.1, 0.15) is 12.1 Å². The Bertz CT molecular complexity index is 1330. The maximum Gasteiger partial charge on any atom is 0.244 e. The summed E-state index contributed by atoms with van der Waals surface area (Å²) < 4.78 is 5.82. The van der Waals surface area contributed by atoms with Crippen LogP contribution in [0.2, 0.25) is 10.2 Å². The lowest BCUT2D eigenvalue weighted by Gasteiger charge is -2.32. The van der Waals surface area contributed by atoms with E-state index in [0.29, 0.717) is 42.5 Å². The standard InChI is InChI=1S/C28H28Cl2N6O4/c29-20-7-4-19(5-8-20)6-9-25(37)34-23(15-21-3-1-2-12-32-21)28(39)33-18-27(38)36-13-10-22(11-14-36)40-26-17-31-16-24(30)35-26/h1-9,12,16-17,22-23H,10-11,13-15,18H2,(H,33,39)(H,34,37)/t23-/m0/s1.